The lowest BCUT2D eigenvalue weighted by atomic mass is 10.1. The molecule has 98 valence electrons. The molecule has 0 saturated heterocycles. The Morgan fingerprint density at radius 2 is 2.11 bits per heavy atom. The standard InChI is InChI=1S/C15H18N4/c1-4-7-19-9-11(2)13-8-12(5-6-14(13)19)15-16-10-18(3)17-15/h5-6,8-10H,4,7H2,1-3H3. The second-order valence-electron chi connectivity index (χ2n) is 4.98. The number of nitrogens with zero attached hydrogens (tertiary/aromatic N) is 4. The first-order valence-electron chi connectivity index (χ1n) is 6.64. The van der Waals surface area contributed by atoms with Gasteiger partial charge in [0.2, 0.25) is 0 Å². The van der Waals surface area contributed by atoms with Gasteiger partial charge in [-0.25, -0.2) is 4.98 Å². The van der Waals surface area contributed by atoms with Gasteiger partial charge in [-0.05, 0) is 37.1 Å². The first-order valence-corrected chi connectivity index (χ1v) is 6.64. The molecule has 2 heterocycles. The second kappa shape index (κ2) is 4.53. The summed E-state index contributed by atoms with van der Waals surface area (Å²) in [5.41, 5.74) is 3.67. The lowest BCUT2D eigenvalue weighted by Crippen LogP contribution is -1.93. The Hall–Kier alpha value is -2.10. The van der Waals surface area contributed by atoms with E-state index in [0.29, 0.717) is 0 Å². The van der Waals surface area contributed by atoms with E-state index in [1.165, 1.54) is 16.5 Å². The minimum absolute atomic E-state index is 0.784. The average molecular weight is 254 g/mol. The predicted molar refractivity (Wildman–Crippen MR) is 77.0 cm³/mol. The molecule has 0 amide bonds. The van der Waals surface area contributed by atoms with Crippen LogP contribution in [0.15, 0.2) is 30.7 Å². The van der Waals surface area contributed by atoms with Gasteiger partial charge >= 0.3 is 0 Å². The van der Waals surface area contributed by atoms with E-state index in [1.807, 2.05) is 7.05 Å². The maximum atomic E-state index is 4.36. The Kier molecular flexibility index (Phi) is 2.85. The quantitative estimate of drug-likeness (QED) is 0.719. The number of hydrogen-bond acceptors (Lipinski definition) is 2. The van der Waals surface area contributed by atoms with E-state index in [0.717, 1.165) is 24.4 Å². The summed E-state index contributed by atoms with van der Waals surface area (Å²) in [6, 6.07) is 6.46. The van der Waals surface area contributed by atoms with Gasteiger partial charge in [-0.15, -0.1) is 0 Å². The number of fused-ring (bicyclic) bond motifs is 1. The van der Waals surface area contributed by atoms with Crippen LogP contribution < -0.4 is 0 Å². The molecular weight excluding hydrogens is 236 g/mol. The first kappa shape index (κ1) is 12.0. The molecule has 0 saturated carbocycles. The van der Waals surface area contributed by atoms with E-state index in [-0.39, 0.29) is 0 Å². The molecule has 0 fully saturated rings. The molecule has 0 aliphatic heterocycles. The summed E-state index contributed by atoms with van der Waals surface area (Å²) >= 11 is 0. The van der Waals surface area contributed by atoms with Crippen molar-refractivity contribution in [2.24, 2.45) is 7.05 Å². The number of rotatable bonds is 3. The lowest BCUT2D eigenvalue weighted by molar-refractivity contribution is 0.702. The van der Waals surface area contributed by atoms with Gasteiger partial charge in [0.25, 0.3) is 0 Å². The van der Waals surface area contributed by atoms with Crippen molar-refractivity contribution in [1.29, 1.82) is 0 Å². The molecule has 0 atom stereocenters. The highest BCUT2D eigenvalue weighted by atomic mass is 15.3. The van der Waals surface area contributed by atoms with E-state index in [4.69, 9.17) is 0 Å². The van der Waals surface area contributed by atoms with Gasteiger partial charge in [0.05, 0.1) is 0 Å². The topological polar surface area (TPSA) is 35.6 Å². The molecule has 2 aromatic heterocycles. The first-order chi connectivity index (χ1) is 9.19. The molecule has 3 aromatic rings. The van der Waals surface area contributed by atoms with Crippen molar-refractivity contribution in [3.63, 3.8) is 0 Å². The fourth-order valence-electron chi connectivity index (χ4n) is 2.51. The van der Waals surface area contributed by atoms with E-state index in [1.54, 1.807) is 11.0 Å². The highest BCUT2D eigenvalue weighted by molar-refractivity contribution is 5.87. The summed E-state index contributed by atoms with van der Waals surface area (Å²) in [4.78, 5) is 4.31. The van der Waals surface area contributed by atoms with Gasteiger partial charge in [0.15, 0.2) is 5.82 Å². The van der Waals surface area contributed by atoms with Crippen LogP contribution in [-0.4, -0.2) is 19.3 Å². The SMILES string of the molecule is CCCn1cc(C)c2cc(-c3ncn(C)n3)ccc21. The van der Waals surface area contributed by atoms with Crippen molar-refractivity contribution in [3.05, 3.63) is 36.3 Å². The molecule has 4 nitrogen and oxygen atoms in total. The zero-order valence-corrected chi connectivity index (χ0v) is 11.6. The van der Waals surface area contributed by atoms with Crippen LogP contribution in [0.5, 0.6) is 0 Å². The Balaban J connectivity index is 2.13. The highest BCUT2D eigenvalue weighted by Gasteiger charge is 2.09. The van der Waals surface area contributed by atoms with Crippen LogP contribution in [0.25, 0.3) is 22.3 Å². The molecule has 3 rings (SSSR count). The fourth-order valence-corrected chi connectivity index (χ4v) is 2.51. The minimum atomic E-state index is 0.784. The third-order valence-electron chi connectivity index (χ3n) is 3.40. The molecule has 1 aromatic carbocycles. The van der Waals surface area contributed by atoms with E-state index >= 15 is 0 Å². The molecule has 0 radical (unpaired) electrons. The third-order valence-corrected chi connectivity index (χ3v) is 3.40. The maximum absolute atomic E-state index is 4.36. The van der Waals surface area contributed by atoms with E-state index in [9.17, 15) is 0 Å². The predicted octanol–water partition coefficient (Wildman–Crippen LogP) is 3.16. The molecule has 4 heteroatoms. The van der Waals surface area contributed by atoms with Crippen molar-refractivity contribution in [2.45, 2.75) is 26.8 Å². The van der Waals surface area contributed by atoms with Gasteiger partial charge < -0.3 is 4.57 Å². The van der Waals surface area contributed by atoms with Crippen molar-refractivity contribution in [1.82, 2.24) is 19.3 Å². The summed E-state index contributed by atoms with van der Waals surface area (Å²) in [6.07, 6.45) is 5.10. The fraction of sp³-hybridized carbons (Fsp3) is 0.333. The number of aryl methyl sites for hydroxylation is 3. The Morgan fingerprint density at radius 3 is 2.79 bits per heavy atom. The summed E-state index contributed by atoms with van der Waals surface area (Å²) in [5, 5.41) is 5.65. The van der Waals surface area contributed by atoms with Crippen LogP contribution >= 0.6 is 0 Å². The molecular formula is C15H18N4. The molecule has 0 aliphatic rings. The Morgan fingerprint density at radius 1 is 1.26 bits per heavy atom. The van der Waals surface area contributed by atoms with E-state index < -0.39 is 0 Å². The average Bonchev–Trinajstić information content (AvgIpc) is 2.95. The normalized spacial score (nSPS) is 11.3. The van der Waals surface area contributed by atoms with Crippen LogP contribution in [0.4, 0.5) is 0 Å². The van der Waals surface area contributed by atoms with Gasteiger partial charge in [-0.1, -0.05) is 6.92 Å². The zero-order chi connectivity index (χ0) is 13.4. The monoisotopic (exact) mass is 254 g/mol. The molecule has 19 heavy (non-hydrogen) atoms. The van der Waals surface area contributed by atoms with Crippen molar-refractivity contribution in [3.8, 4) is 11.4 Å². The summed E-state index contributed by atoms with van der Waals surface area (Å²) in [5.74, 6) is 0.784. The van der Waals surface area contributed by atoms with Gasteiger partial charge in [-0.2, -0.15) is 5.10 Å². The number of hydrogen-bond donors (Lipinski definition) is 0. The largest absolute Gasteiger partial charge is 0.347 e. The van der Waals surface area contributed by atoms with Gasteiger partial charge in [0.1, 0.15) is 6.33 Å². The smallest absolute Gasteiger partial charge is 0.181 e. The van der Waals surface area contributed by atoms with Gasteiger partial charge in [-0.3, -0.25) is 4.68 Å². The van der Waals surface area contributed by atoms with Crippen LogP contribution in [0.1, 0.15) is 18.9 Å². The van der Waals surface area contributed by atoms with Crippen molar-refractivity contribution >= 4 is 10.9 Å². The molecule has 0 spiro atoms. The highest BCUT2D eigenvalue weighted by Crippen LogP contribution is 2.26. The summed E-state index contributed by atoms with van der Waals surface area (Å²) < 4.78 is 4.05. The number of benzene rings is 1. The Bertz CT molecular complexity index is 721. The van der Waals surface area contributed by atoms with E-state index in [2.05, 4.69) is 52.9 Å². The second-order valence-corrected chi connectivity index (χ2v) is 4.98. The van der Waals surface area contributed by atoms with Crippen molar-refractivity contribution < 1.29 is 0 Å². The van der Waals surface area contributed by atoms with Gasteiger partial charge in [0, 0.05) is 36.3 Å². The molecule has 0 unspecified atom stereocenters. The number of aromatic nitrogens is 4. The minimum Gasteiger partial charge on any atom is -0.347 e. The summed E-state index contributed by atoms with van der Waals surface area (Å²) in [7, 11) is 1.89. The van der Waals surface area contributed by atoms with Crippen LogP contribution in [0.2, 0.25) is 0 Å². The lowest BCUT2D eigenvalue weighted by Gasteiger charge is -2.03. The maximum Gasteiger partial charge on any atom is 0.181 e. The third kappa shape index (κ3) is 2.03. The zero-order valence-electron chi connectivity index (χ0n) is 11.6. The Labute approximate surface area is 112 Å². The molecule has 0 aliphatic carbocycles. The van der Waals surface area contributed by atoms with Crippen LogP contribution in [0.3, 0.4) is 0 Å². The van der Waals surface area contributed by atoms with Crippen LogP contribution in [0, 0.1) is 6.92 Å². The summed E-state index contributed by atoms with van der Waals surface area (Å²) in [6.45, 7) is 5.42. The van der Waals surface area contributed by atoms with Crippen LogP contribution in [-0.2, 0) is 13.6 Å². The molecule has 0 N–H and O–H groups in total. The molecule has 0 bridgehead atoms. The van der Waals surface area contributed by atoms with Crippen molar-refractivity contribution in [2.75, 3.05) is 0 Å².